The lowest BCUT2D eigenvalue weighted by atomic mass is 10.2. The third kappa shape index (κ3) is 4.11. The van der Waals surface area contributed by atoms with Gasteiger partial charge >= 0.3 is 0 Å². The van der Waals surface area contributed by atoms with Gasteiger partial charge in [-0.2, -0.15) is 0 Å². The van der Waals surface area contributed by atoms with Gasteiger partial charge in [0.2, 0.25) is 0 Å². The summed E-state index contributed by atoms with van der Waals surface area (Å²) in [4.78, 5) is 0.220. The summed E-state index contributed by atoms with van der Waals surface area (Å²) >= 11 is 0. The molecule has 0 N–H and O–H groups in total. The van der Waals surface area contributed by atoms with Gasteiger partial charge in [-0.3, -0.25) is 4.31 Å². The van der Waals surface area contributed by atoms with Crippen LogP contribution in [0, 0.1) is 12.7 Å². The molecule has 27 heavy (non-hydrogen) atoms. The number of nitrogens with zero attached hydrogens (tertiary/aromatic N) is 1. The van der Waals surface area contributed by atoms with E-state index in [-0.39, 0.29) is 11.4 Å². The van der Waals surface area contributed by atoms with Crippen molar-refractivity contribution in [3.05, 3.63) is 89.7 Å². The minimum absolute atomic E-state index is 0.0146. The van der Waals surface area contributed by atoms with E-state index in [1.165, 1.54) is 16.4 Å². The Kier molecular flexibility index (Phi) is 5.46. The Morgan fingerprint density at radius 1 is 0.963 bits per heavy atom. The van der Waals surface area contributed by atoms with Gasteiger partial charge in [-0.15, -0.1) is 0 Å². The highest BCUT2D eigenvalue weighted by molar-refractivity contribution is 7.92. The van der Waals surface area contributed by atoms with E-state index >= 15 is 0 Å². The maximum atomic E-state index is 13.6. The SMILES string of the molecule is COc1ccc(N(Cc2cccc(F)c2)S(=O)(=O)c2ccccc2C)cc1. The van der Waals surface area contributed by atoms with Crippen LogP contribution in [0.15, 0.2) is 77.7 Å². The number of anilines is 1. The number of hydrogen-bond donors (Lipinski definition) is 0. The van der Waals surface area contributed by atoms with E-state index in [2.05, 4.69) is 0 Å². The molecule has 0 bridgehead atoms. The molecule has 0 spiro atoms. The number of benzene rings is 3. The molecule has 3 rings (SSSR count). The summed E-state index contributed by atoms with van der Waals surface area (Å²) < 4.78 is 46.9. The first-order valence-electron chi connectivity index (χ1n) is 8.38. The zero-order chi connectivity index (χ0) is 19.4. The fourth-order valence-electron chi connectivity index (χ4n) is 2.83. The van der Waals surface area contributed by atoms with Gasteiger partial charge in [-0.1, -0.05) is 30.3 Å². The molecule has 0 amide bonds. The van der Waals surface area contributed by atoms with E-state index in [1.54, 1.807) is 74.7 Å². The van der Waals surface area contributed by atoms with Crippen molar-refractivity contribution in [2.24, 2.45) is 0 Å². The Balaban J connectivity index is 2.10. The van der Waals surface area contributed by atoms with E-state index in [9.17, 15) is 12.8 Å². The van der Waals surface area contributed by atoms with Crippen LogP contribution in [0.3, 0.4) is 0 Å². The second-order valence-corrected chi connectivity index (χ2v) is 7.94. The van der Waals surface area contributed by atoms with Gasteiger partial charge in [-0.05, 0) is 60.5 Å². The van der Waals surface area contributed by atoms with Gasteiger partial charge in [0.1, 0.15) is 11.6 Å². The van der Waals surface area contributed by atoms with E-state index < -0.39 is 15.8 Å². The van der Waals surface area contributed by atoms with Crippen LogP contribution in [0.25, 0.3) is 0 Å². The number of hydrogen-bond acceptors (Lipinski definition) is 3. The molecule has 0 heterocycles. The minimum Gasteiger partial charge on any atom is -0.497 e. The molecule has 0 radical (unpaired) electrons. The molecule has 0 aromatic heterocycles. The fraction of sp³-hybridized carbons (Fsp3) is 0.143. The maximum Gasteiger partial charge on any atom is 0.264 e. The summed E-state index contributed by atoms with van der Waals surface area (Å²) in [7, 11) is -2.30. The van der Waals surface area contributed by atoms with E-state index in [1.807, 2.05) is 0 Å². The number of methoxy groups -OCH3 is 1. The largest absolute Gasteiger partial charge is 0.497 e. The average Bonchev–Trinajstić information content (AvgIpc) is 2.66. The van der Waals surface area contributed by atoms with Crippen LogP contribution in [0.5, 0.6) is 5.75 Å². The second-order valence-electron chi connectivity index (χ2n) is 6.11. The van der Waals surface area contributed by atoms with Crippen molar-refractivity contribution in [2.75, 3.05) is 11.4 Å². The number of rotatable bonds is 6. The molecule has 0 unspecified atom stereocenters. The Bertz CT molecular complexity index is 1030. The molecule has 0 aliphatic heterocycles. The van der Waals surface area contributed by atoms with Crippen LogP contribution in [-0.2, 0) is 16.6 Å². The van der Waals surface area contributed by atoms with Crippen molar-refractivity contribution >= 4 is 15.7 Å². The van der Waals surface area contributed by atoms with Crippen LogP contribution in [0.1, 0.15) is 11.1 Å². The third-order valence-electron chi connectivity index (χ3n) is 4.24. The lowest BCUT2D eigenvalue weighted by Gasteiger charge is -2.25. The molecule has 0 aliphatic rings. The van der Waals surface area contributed by atoms with Crippen LogP contribution in [0.4, 0.5) is 10.1 Å². The quantitative estimate of drug-likeness (QED) is 0.626. The Hall–Kier alpha value is -2.86. The molecular formula is C21H20FNO3S. The smallest absolute Gasteiger partial charge is 0.264 e. The number of sulfonamides is 1. The summed E-state index contributed by atoms with van der Waals surface area (Å²) in [5.74, 6) is 0.216. The van der Waals surface area contributed by atoms with Crippen LogP contribution < -0.4 is 9.04 Å². The molecule has 6 heteroatoms. The molecule has 0 atom stereocenters. The molecule has 0 aliphatic carbocycles. The van der Waals surface area contributed by atoms with Crippen molar-refractivity contribution in [1.29, 1.82) is 0 Å². The van der Waals surface area contributed by atoms with Gasteiger partial charge < -0.3 is 4.74 Å². The number of halogens is 1. The second kappa shape index (κ2) is 7.80. The lowest BCUT2D eigenvalue weighted by Crippen LogP contribution is -2.31. The van der Waals surface area contributed by atoms with Crippen molar-refractivity contribution in [1.82, 2.24) is 0 Å². The molecule has 3 aromatic carbocycles. The topological polar surface area (TPSA) is 46.6 Å². The van der Waals surface area contributed by atoms with Crippen molar-refractivity contribution < 1.29 is 17.5 Å². The molecule has 0 saturated heterocycles. The molecule has 0 saturated carbocycles. The molecule has 3 aromatic rings. The summed E-state index contributed by atoms with van der Waals surface area (Å²) in [5.41, 5.74) is 1.68. The zero-order valence-corrected chi connectivity index (χ0v) is 15.9. The lowest BCUT2D eigenvalue weighted by molar-refractivity contribution is 0.415. The van der Waals surface area contributed by atoms with Crippen molar-refractivity contribution in [3.63, 3.8) is 0 Å². The van der Waals surface area contributed by atoms with Crippen LogP contribution in [0.2, 0.25) is 0 Å². The van der Waals surface area contributed by atoms with Gasteiger partial charge in [0.05, 0.1) is 24.2 Å². The minimum atomic E-state index is -3.85. The highest BCUT2D eigenvalue weighted by Gasteiger charge is 2.26. The Morgan fingerprint density at radius 2 is 1.67 bits per heavy atom. The highest BCUT2D eigenvalue weighted by Crippen LogP contribution is 2.29. The van der Waals surface area contributed by atoms with Crippen LogP contribution >= 0.6 is 0 Å². The molecule has 0 fully saturated rings. The van der Waals surface area contributed by atoms with E-state index in [4.69, 9.17) is 4.74 Å². The van der Waals surface area contributed by atoms with E-state index in [0.717, 1.165) is 0 Å². The predicted octanol–water partition coefficient (Wildman–Crippen LogP) is 4.54. The van der Waals surface area contributed by atoms with Crippen molar-refractivity contribution in [2.45, 2.75) is 18.4 Å². The predicted molar refractivity (Wildman–Crippen MR) is 104 cm³/mol. The molecule has 4 nitrogen and oxygen atoms in total. The summed E-state index contributed by atoms with van der Waals surface area (Å²) in [6.07, 6.45) is 0. The van der Waals surface area contributed by atoms with Gasteiger partial charge in [0, 0.05) is 0 Å². The first-order valence-corrected chi connectivity index (χ1v) is 9.82. The summed E-state index contributed by atoms with van der Waals surface area (Å²) in [5, 5.41) is 0. The van der Waals surface area contributed by atoms with E-state index in [0.29, 0.717) is 22.6 Å². The zero-order valence-electron chi connectivity index (χ0n) is 15.1. The summed E-state index contributed by atoms with van der Waals surface area (Å²) in [6, 6.07) is 19.5. The monoisotopic (exact) mass is 385 g/mol. The normalized spacial score (nSPS) is 11.2. The standard InChI is InChI=1S/C21H20FNO3S/c1-16-6-3-4-9-21(16)27(24,25)23(15-17-7-5-8-18(22)14-17)19-10-12-20(26-2)13-11-19/h3-14H,15H2,1-2H3. The summed E-state index contributed by atoms with van der Waals surface area (Å²) in [6.45, 7) is 1.77. The first kappa shape index (κ1) is 18.9. The van der Waals surface area contributed by atoms with Gasteiger partial charge in [0.15, 0.2) is 0 Å². The maximum absolute atomic E-state index is 13.6. The third-order valence-corrected chi connectivity index (χ3v) is 6.17. The van der Waals surface area contributed by atoms with Gasteiger partial charge in [0.25, 0.3) is 10.0 Å². The molecule has 140 valence electrons. The van der Waals surface area contributed by atoms with Crippen LogP contribution in [-0.4, -0.2) is 15.5 Å². The van der Waals surface area contributed by atoms with Gasteiger partial charge in [-0.25, -0.2) is 12.8 Å². The fourth-order valence-corrected chi connectivity index (χ4v) is 4.51. The Morgan fingerprint density at radius 3 is 2.30 bits per heavy atom. The average molecular weight is 385 g/mol. The highest BCUT2D eigenvalue weighted by atomic mass is 32.2. The number of aryl methyl sites for hydroxylation is 1. The molecular weight excluding hydrogens is 365 g/mol. The van der Waals surface area contributed by atoms with Crippen molar-refractivity contribution in [3.8, 4) is 5.75 Å². The number of ether oxygens (including phenoxy) is 1. The Labute approximate surface area is 158 Å². The first-order chi connectivity index (χ1) is 12.9.